The quantitative estimate of drug-likeness (QED) is 0.708. The number of rotatable bonds is 5. The molecule has 1 fully saturated rings. The first-order chi connectivity index (χ1) is 13.9. The Labute approximate surface area is 178 Å². The summed E-state index contributed by atoms with van der Waals surface area (Å²) in [6.45, 7) is 14.3. The highest BCUT2D eigenvalue weighted by atomic mass is 16.6. The third-order valence-electron chi connectivity index (χ3n) is 5.03. The molecule has 1 aliphatic heterocycles. The average Bonchev–Trinajstić information content (AvgIpc) is 2.92. The number of ether oxygens (including phenoxy) is 2. The lowest BCUT2D eigenvalue weighted by atomic mass is 9.96. The Morgan fingerprint density at radius 2 is 1.77 bits per heavy atom. The van der Waals surface area contributed by atoms with Gasteiger partial charge in [-0.25, -0.2) is 9.59 Å². The highest BCUT2D eigenvalue weighted by molar-refractivity contribution is 6.00. The summed E-state index contributed by atoms with van der Waals surface area (Å²) in [5.41, 5.74) is 1.61. The number of aromatic nitrogens is 1. The number of carbonyl (C=O) groups excluding carboxylic acids is 3. The summed E-state index contributed by atoms with van der Waals surface area (Å²) < 4.78 is 10.6. The van der Waals surface area contributed by atoms with Crippen LogP contribution in [0.3, 0.4) is 0 Å². The number of aromatic amines is 1. The van der Waals surface area contributed by atoms with E-state index in [9.17, 15) is 14.4 Å². The zero-order valence-electron chi connectivity index (χ0n) is 19.2. The molecule has 1 aliphatic rings. The molecule has 0 radical (unpaired) electrons. The Bertz CT molecular complexity index is 783. The van der Waals surface area contributed by atoms with Crippen molar-refractivity contribution in [3.05, 3.63) is 22.5 Å². The number of hydrogen-bond donors (Lipinski definition) is 2. The number of carbonyl (C=O) groups is 3. The minimum Gasteiger partial charge on any atom is -0.459 e. The maximum Gasteiger partial charge on any atom is 0.407 e. The van der Waals surface area contributed by atoms with Crippen LogP contribution in [0.1, 0.15) is 79.6 Å². The molecule has 2 heterocycles. The van der Waals surface area contributed by atoms with Crippen LogP contribution in [0.4, 0.5) is 4.79 Å². The molecule has 1 saturated heterocycles. The van der Waals surface area contributed by atoms with Crippen molar-refractivity contribution < 1.29 is 23.9 Å². The highest BCUT2D eigenvalue weighted by Gasteiger charge is 2.29. The van der Waals surface area contributed by atoms with Crippen molar-refractivity contribution in [2.75, 3.05) is 19.6 Å². The predicted molar refractivity (Wildman–Crippen MR) is 114 cm³/mol. The second kappa shape index (κ2) is 9.53. The fourth-order valence-corrected chi connectivity index (χ4v) is 3.58. The SMILES string of the molecule is Cc1[nH]c(C(=O)N2CCC(CNC(=O)OC(C)(C)C)CC2)c(C)c1C(=O)OC(C)C. The van der Waals surface area contributed by atoms with Crippen molar-refractivity contribution in [1.82, 2.24) is 15.2 Å². The van der Waals surface area contributed by atoms with Gasteiger partial charge in [-0.2, -0.15) is 0 Å². The molecule has 0 saturated carbocycles. The molecule has 0 aromatic carbocycles. The van der Waals surface area contributed by atoms with Crippen molar-refractivity contribution >= 4 is 18.0 Å². The van der Waals surface area contributed by atoms with Gasteiger partial charge >= 0.3 is 12.1 Å². The van der Waals surface area contributed by atoms with Crippen LogP contribution < -0.4 is 5.32 Å². The summed E-state index contributed by atoms with van der Waals surface area (Å²) in [7, 11) is 0. The zero-order valence-corrected chi connectivity index (χ0v) is 19.2. The molecule has 8 nitrogen and oxygen atoms in total. The summed E-state index contributed by atoms with van der Waals surface area (Å²) in [6.07, 6.45) is 0.948. The van der Waals surface area contributed by atoms with Gasteiger partial charge in [-0.3, -0.25) is 4.79 Å². The molecule has 0 unspecified atom stereocenters. The van der Waals surface area contributed by atoms with Gasteiger partial charge in [0.15, 0.2) is 0 Å². The normalized spacial score (nSPS) is 15.3. The van der Waals surface area contributed by atoms with Gasteiger partial charge in [0.1, 0.15) is 11.3 Å². The van der Waals surface area contributed by atoms with E-state index in [0.29, 0.717) is 48.1 Å². The summed E-state index contributed by atoms with van der Waals surface area (Å²) in [5, 5.41) is 2.81. The monoisotopic (exact) mass is 421 g/mol. The molecule has 0 atom stereocenters. The Kier molecular flexibility index (Phi) is 7.55. The van der Waals surface area contributed by atoms with Crippen LogP contribution in [0.2, 0.25) is 0 Å². The molecule has 2 amide bonds. The molecule has 0 bridgehead atoms. The average molecular weight is 422 g/mol. The molecule has 0 aliphatic carbocycles. The van der Waals surface area contributed by atoms with Crippen LogP contribution in [0, 0.1) is 19.8 Å². The molecule has 8 heteroatoms. The molecular weight excluding hydrogens is 386 g/mol. The number of alkyl carbamates (subject to hydrolysis) is 1. The Hall–Kier alpha value is -2.51. The number of nitrogens with one attached hydrogen (secondary N) is 2. The molecule has 0 spiro atoms. The van der Waals surface area contributed by atoms with Crippen LogP contribution in [0.15, 0.2) is 0 Å². The number of piperidine rings is 1. The highest BCUT2D eigenvalue weighted by Crippen LogP contribution is 2.24. The van der Waals surface area contributed by atoms with Crippen LogP contribution in [-0.4, -0.2) is 59.2 Å². The van der Waals surface area contributed by atoms with Gasteiger partial charge in [-0.15, -0.1) is 0 Å². The lowest BCUT2D eigenvalue weighted by Crippen LogP contribution is -2.42. The van der Waals surface area contributed by atoms with E-state index >= 15 is 0 Å². The molecule has 2 rings (SSSR count). The van der Waals surface area contributed by atoms with Crippen LogP contribution in [-0.2, 0) is 9.47 Å². The lowest BCUT2D eigenvalue weighted by molar-refractivity contribution is 0.0375. The van der Waals surface area contributed by atoms with Gasteiger partial charge in [-0.1, -0.05) is 0 Å². The second-order valence-electron chi connectivity index (χ2n) is 9.20. The minimum absolute atomic E-state index is 0.113. The Balaban J connectivity index is 1.93. The van der Waals surface area contributed by atoms with E-state index < -0.39 is 17.7 Å². The number of hydrogen-bond acceptors (Lipinski definition) is 5. The van der Waals surface area contributed by atoms with E-state index in [1.807, 2.05) is 20.8 Å². The van der Waals surface area contributed by atoms with Crippen molar-refractivity contribution in [1.29, 1.82) is 0 Å². The number of amides is 2. The van der Waals surface area contributed by atoms with Gasteiger partial charge in [-0.05, 0) is 72.8 Å². The molecule has 1 aromatic rings. The van der Waals surface area contributed by atoms with Crippen molar-refractivity contribution in [2.24, 2.45) is 5.92 Å². The Morgan fingerprint density at radius 1 is 1.17 bits per heavy atom. The summed E-state index contributed by atoms with van der Waals surface area (Å²) in [4.78, 5) is 42.0. The maximum absolute atomic E-state index is 13.0. The zero-order chi connectivity index (χ0) is 22.6. The number of likely N-dealkylation sites (tertiary alicyclic amines) is 1. The molecule has 1 aromatic heterocycles. The Morgan fingerprint density at radius 3 is 2.30 bits per heavy atom. The van der Waals surface area contributed by atoms with Gasteiger partial charge in [0, 0.05) is 25.3 Å². The topological polar surface area (TPSA) is 101 Å². The molecule has 168 valence electrons. The summed E-state index contributed by atoms with van der Waals surface area (Å²) in [5.74, 6) is -0.232. The molecule has 2 N–H and O–H groups in total. The first-order valence-corrected chi connectivity index (χ1v) is 10.5. The minimum atomic E-state index is -0.521. The van der Waals surface area contributed by atoms with E-state index in [2.05, 4.69) is 10.3 Å². The second-order valence-corrected chi connectivity index (χ2v) is 9.20. The maximum atomic E-state index is 13.0. The number of esters is 1. The lowest BCUT2D eigenvalue weighted by Gasteiger charge is -2.32. The van der Waals surface area contributed by atoms with Crippen LogP contribution >= 0.6 is 0 Å². The number of aryl methyl sites for hydroxylation is 1. The van der Waals surface area contributed by atoms with E-state index in [0.717, 1.165) is 12.8 Å². The largest absolute Gasteiger partial charge is 0.459 e. The van der Waals surface area contributed by atoms with Crippen LogP contribution in [0.5, 0.6) is 0 Å². The smallest absolute Gasteiger partial charge is 0.407 e. The first-order valence-electron chi connectivity index (χ1n) is 10.5. The third kappa shape index (κ3) is 6.24. The fourth-order valence-electron chi connectivity index (χ4n) is 3.58. The van der Waals surface area contributed by atoms with Gasteiger partial charge in [0.05, 0.1) is 11.7 Å². The van der Waals surface area contributed by atoms with E-state index in [-0.39, 0.29) is 12.0 Å². The first kappa shape index (κ1) is 23.8. The predicted octanol–water partition coefficient (Wildman–Crippen LogP) is 3.57. The summed E-state index contributed by atoms with van der Waals surface area (Å²) in [6, 6.07) is 0. The third-order valence-corrected chi connectivity index (χ3v) is 5.03. The van der Waals surface area contributed by atoms with Gasteiger partial charge < -0.3 is 24.7 Å². The van der Waals surface area contributed by atoms with E-state index in [4.69, 9.17) is 9.47 Å². The van der Waals surface area contributed by atoms with E-state index in [1.165, 1.54) is 0 Å². The van der Waals surface area contributed by atoms with Crippen molar-refractivity contribution in [3.63, 3.8) is 0 Å². The van der Waals surface area contributed by atoms with Gasteiger partial charge in [0.2, 0.25) is 0 Å². The van der Waals surface area contributed by atoms with Crippen molar-refractivity contribution in [3.8, 4) is 0 Å². The standard InChI is InChI=1S/C22H35N3O5/c1-13(2)29-20(27)17-14(3)18(24-15(17)4)19(26)25-10-8-16(9-11-25)12-23-21(28)30-22(5,6)7/h13,16,24H,8-12H2,1-7H3,(H,23,28). The number of nitrogens with zero attached hydrogens (tertiary/aromatic N) is 1. The van der Waals surface area contributed by atoms with E-state index in [1.54, 1.807) is 32.6 Å². The van der Waals surface area contributed by atoms with Crippen LogP contribution in [0.25, 0.3) is 0 Å². The van der Waals surface area contributed by atoms with Gasteiger partial charge in [0.25, 0.3) is 5.91 Å². The fraction of sp³-hybridized carbons (Fsp3) is 0.682. The summed E-state index contributed by atoms with van der Waals surface area (Å²) >= 11 is 0. The molecule has 30 heavy (non-hydrogen) atoms. The van der Waals surface area contributed by atoms with Crippen molar-refractivity contribution in [2.45, 2.75) is 73.0 Å². The molecular formula is C22H35N3O5. The number of H-pyrrole nitrogens is 1.